The van der Waals surface area contributed by atoms with Gasteiger partial charge in [0.2, 0.25) is 0 Å². The molecule has 0 N–H and O–H groups in total. The van der Waals surface area contributed by atoms with Crippen molar-refractivity contribution in [2.45, 2.75) is 0 Å². The Morgan fingerprint density at radius 3 is 0.964 bits per heavy atom. The number of aromatic nitrogens is 8. The Labute approximate surface area is 653 Å². The average Bonchev–Trinajstić information content (AvgIpc) is 1.56. The predicted octanol–water partition coefficient (Wildman–Crippen LogP) is 27.3. The highest BCUT2D eigenvalue weighted by molar-refractivity contribution is 7.26. The van der Waals surface area contributed by atoms with Gasteiger partial charge in [-0.1, -0.05) is 309 Å². The lowest BCUT2D eigenvalue weighted by Gasteiger charge is -2.14. The Kier molecular flexibility index (Phi) is 16.4. The van der Waals surface area contributed by atoms with Crippen molar-refractivity contribution in [3.63, 3.8) is 0 Å². The average molecular weight is 1470 g/mol. The molecule has 22 rings (SSSR count). The molecule has 0 amide bonds. The van der Waals surface area contributed by atoms with E-state index in [1.165, 1.54) is 95.3 Å². The summed E-state index contributed by atoms with van der Waals surface area (Å²) in [5, 5.41) is 9.99. The predicted molar refractivity (Wildman–Crippen MR) is 468 cm³/mol. The Hall–Kier alpha value is -14.4. The lowest BCUT2D eigenvalue weighted by atomic mass is 9.99. The molecule has 0 bridgehead atoms. The van der Waals surface area contributed by atoms with Crippen LogP contribution in [0.25, 0.3) is 208 Å². The maximum atomic E-state index is 5.22. The van der Waals surface area contributed by atoms with Crippen LogP contribution in [0.4, 0.5) is 0 Å². The third-order valence-electron chi connectivity index (χ3n) is 21.4. The fraction of sp³-hybridized carbons (Fsp3) is 0. The van der Waals surface area contributed by atoms with E-state index in [4.69, 9.17) is 29.9 Å². The minimum atomic E-state index is 0.623. The molecule has 0 saturated heterocycles. The Morgan fingerprint density at radius 1 is 0.170 bits per heavy atom. The third-order valence-corrected chi connectivity index (χ3v) is 23.6. The minimum Gasteiger partial charge on any atom is -0.308 e. The second kappa shape index (κ2) is 28.0. The van der Waals surface area contributed by atoms with Gasteiger partial charge in [0.1, 0.15) is 0 Å². The van der Waals surface area contributed by atoms with Gasteiger partial charge < -0.3 is 9.13 Å². The Morgan fingerprint density at radius 2 is 0.491 bits per heavy atom. The quantitative estimate of drug-likeness (QED) is 0.121. The summed E-state index contributed by atoms with van der Waals surface area (Å²) in [4.78, 5) is 30.9. The molecule has 0 aliphatic rings. The molecule has 8 nitrogen and oxygen atoms in total. The van der Waals surface area contributed by atoms with Gasteiger partial charge in [-0.05, 0) is 123 Å². The molecule has 0 spiro atoms. The van der Waals surface area contributed by atoms with Gasteiger partial charge >= 0.3 is 0 Å². The summed E-state index contributed by atoms with van der Waals surface area (Å²) in [7, 11) is 0. The van der Waals surface area contributed by atoms with Gasteiger partial charge in [-0.3, -0.25) is 0 Å². The number of rotatable bonds is 12. The number of hydrogen-bond donors (Lipinski definition) is 0. The van der Waals surface area contributed by atoms with Crippen molar-refractivity contribution in [3.05, 3.63) is 388 Å². The lowest BCUT2D eigenvalue weighted by molar-refractivity contribution is 1.06. The fourth-order valence-corrected chi connectivity index (χ4v) is 18.2. The molecule has 10 heteroatoms. The van der Waals surface area contributed by atoms with Crippen LogP contribution in [0.1, 0.15) is 0 Å². The van der Waals surface area contributed by atoms with Crippen LogP contribution < -0.4 is 0 Å². The first-order valence-corrected chi connectivity index (χ1v) is 39.2. The topological polar surface area (TPSA) is 87.2 Å². The largest absolute Gasteiger partial charge is 0.308 e. The van der Waals surface area contributed by atoms with E-state index in [2.05, 4.69) is 349 Å². The number of nitrogens with zero attached hydrogens (tertiary/aromatic N) is 8. The molecule has 112 heavy (non-hydrogen) atoms. The van der Waals surface area contributed by atoms with Crippen molar-refractivity contribution in [2.24, 2.45) is 0 Å². The van der Waals surface area contributed by atoms with Gasteiger partial charge in [0.15, 0.2) is 34.9 Å². The number of fused-ring (bicyclic) bond motifs is 12. The van der Waals surface area contributed by atoms with Crippen molar-refractivity contribution in [2.75, 3.05) is 0 Å². The highest BCUT2D eigenvalue weighted by atomic mass is 32.1. The second-order valence-electron chi connectivity index (χ2n) is 28.0. The van der Waals surface area contributed by atoms with E-state index >= 15 is 0 Å². The molecule has 6 aromatic heterocycles. The van der Waals surface area contributed by atoms with Crippen molar-refractivity contribution >= 4 is 107 Å². The lowest BCUT2D eigenvalue weighted by Crippen LogP contribution is -2.03. The molecule has 0 atom stereocenters. The molecule has 6 heterocycles. The van der Waals surface area contributed by atoms with Gasteiger partial charge in [0.25, 0.3) is 0 Å². The highest BCUT2D eigenvalue weighted by Crippen LogP contribution is 2.47. The van der Waals surface area contributed by atoms with E-state index in [0.717, 1.165) is 77.9 Å². The molecule has 22 aromatic rings. The van der Waals surface area contributed by atoms with Gasteiger partial charge in [-0.15, -0.1) is 22.7 Å². The van der Waals surface area contributed by atoms with Gasteiger partial charge in [-0.2, -0.15) is 0 Å². The summed E-state index contributed by atoms with van der Waals surface area (Å²) in [6.07, 6.45) is 0. The summed E-state index contributed by atoms with van der Waals surface area (Å²) in [5.41, 5.74) is 21.8. The molecule has 524 valence electrons. The standard InChI is InChI=1S/2C51H32N4S/c1-4-15-33(16-5-1)34-27-29-37(30-28-34)50-52-49(36-19-8-3-9-20-36)53-51(54-50)40-22-11-13-25-44(40)55-43-24-12-10-21-39(43)41-31-42-47(32-45(41)55)56-46-26-14-23-38(48(42)46)35-17-6-2-7-18-35;1-4-14-33(15-5-1)35-24-26-37(27-25-35)50-52-49(36-18-8-3-9-19-36)53-51(54-50)40-21-11-13-23-45(40)55-44-22-12-10-20-39(44)41-31-43-42-30-38(34-16-6-2-7-17-34)28-29-47(42)56-48(43)32-46(41)55/h2*1-32H. The van der Waals surface area contributed by atoms with E-state index in [9.17, 15) is 0 Å². The van der Waals surface area contributed by atoms with Crippen LogP contribution >= 0.6 is 22.7 Å². The van der Waals surface area contributed by atoms with Crippen molar-refractivity contribution in [3.8, 4) is 124 Å². The van der Waals surface area contributed by atoms with Crippen LogP contribution in [0.15, 0.2) is 388 Å². The molecular formula is C102H64N8S2. The normalized spacial score (nSPS) is 11.6. The van der Waals surface area contributed by atoms with Crippen LogP contribution in [0.3, 0.4) is 0 Å². The van der Waals surface area contributed by atoms with Crippen molar-refractivity contribution in [1.82, 2.24) is 39.0 Å². The van der Waals surface area contributed by atoms with Crippen molar-refractivity contribution in [1.29, 1.82) is 0 Å². The Balaban J connectivity index is 0.000000141. The summed E-state index contributed by atoms with van der Waals surface area (Å²) < 4.78 is 9.86. The zero-order chi connectivity index (χ0) is 74.0. The third kappa shape index (κ3) is 11.9. The SMILES string of the molecule is c1ccc(-c2ccc(-c3nc(-c4ccccc4)nc(-c4ccccc4-n4c5ccccc5c5cc6c(cc54)sc4ccc(-c5ccccc5)cc46)n3)cc2)cc1.c1ccc(-c2ccc(-c3nc(-c4ccccc4)nc(-c4ccccc4-n4c5ccccc5c5cc6c(cc54)sc4cccc(-c5ccccc5)c46)n3)cc2)cc1. The second-order valence-corrected chi connectivity index (χ2v) is 30.2. The van der Waals surface area contributed by atoms with Gasteiger partial charge in [0.05, 0.1) is 33.4 Å². The molecule has 0 saturated carbocycles. The summed E-state index contributed by atoms with van der Waals surface area (Å²) >= 11 is 3.70. The van der Waals surface area contributed by atoms with E-state index < -0.39 is 0 Å². The summed E-state index contributed by atoms with van der Waals surface area (Å²) in [5.74, 6) is 3.78. The molecular weight excluding hydrogens is 1400 g/mol. The monoisotopic (exact) mass is 1460 g/mol. The number of benzene rings is 16. The van der Waals surface area contributed by atoms with Gasteiger partial charge in [0, 0.05) is 95.3 Å². The molecule has 0 fully saturated rings. The molecule has 0 aliphatic carbocycles. The first-order valence-electron chi connectivity index (χ1n) is 37.5. The molecule has 0 radical (unpaired) electrons. The number of thiophene rings is 2. The van der Waals surface area contributed by atoms with E-state index in [0.29, 0.717) is 34.9 Å². The zero-order valence-electron chi connectivity index (χ0n) is 60.3. The zero-order valence-corrected chi connectivity index (χ0v) is 62.0. The smallest absolute Gasteiger partial charge is 0.166 e. The maximum Gasteiger partial charge on any atom is 0.166 e. The summed E-state index contributed by atoms with van der Waals surface area (Å²) in [6, 6.07) is 137. The number of hydrogen-bond acceptors (Lipinski definition) is 8. The summed E-state index contributed by atoms with van der Waals surface area (Å²) in [6.45, 7) is 0. The molecule has 0 unspecified atom stereocenters. The van der Waals surface area contributed by atoms with Crippen LogP contribution in [-0.2, 0) is 0 Å². The van der Waals surface area contributed by atoms with Crippen LogP contribution in [0, 0.1) is 0 Å². The minimum absolute atomic E-state index is 0.623. The number of para-hydroxylation sites is 4. The van der Waals surface area contributed by atoms with Crippen LogP contribution in [0.5, 0.6) is 0 Å². The highest BCUT2D eigenvalue weighted by Gasteiger charge is 2.25. The molecule has 16 aromatic carbocycles. The first kappa shape index (κ1) is 65.8. The first-order chi connectivity index (χ1) is 55.5. The van der Waals surface area contributed by atoms with E-state index in [1.807, 2.05) is 71.2 Å². The van der Waals surface area contributed by atoms with E-state index in [-0.39, 0.29) is 0 Å². The van der Waals surface area contributed by atoms with E-state index in [1.54, 1.807) is 0 Å². The van der Waals surface area contributed by atoms with Gasteiger partial charge in [-0.25, -0.2) is 29.9 Å². The van der Waals surface area contributed by atoms with Crippen molar-refractivity contribution < 1.29 is 0 Å². The Bertz CT molecular complexity index is 7330. The molecule has 0 aliphatic heterocycles. The van der Waals surface area contributed by atoms with Crippen LogP contribution in [-0.4, -0.2) is 39.0 Å². The maximum absolute atomic E-state index is 5.22. The van der Waals surface area contributed by atoms with Crippen LogP contribution in [0.2, 0.25) is 0 Å². The fourth-order valence-electron chi connectivity index (χ4n) is 16.0.